The van der Waals surface area contributed by atoms with Gasteiger partial charge in [0.1, 0.15) is 12.7 Å². The summed E-state index contributed by atoms with van der Waals surface area (Å²) in [7, 11) is 1.50. The van der Waals surface area contributed by atoms with Crippen molar-refractivity contribution in [2.24, 2.45) is 0 Å². The molecule has 0 aliphatic rings. The van der Waals surface area contributed by atoms with Gasteiger partial charge in [0.2, 0.25) is 0 Å². The van der Waals surface area contributed by atoms with Gasteiger partial charge in [0, 0.05) is 0 Å². The molecule has 0 saturated heterocycles. The number of nitrogen functional groups attached to an aromatic ring is 1. The largest absolute Gasteiger partial charge is 0.493 e. The first kappa shape index (κ1) is 19.1. The van der Waals surface area contributed by atoms with Gasteiger partial charge in [0.05, 0.1) is 19.4 Å². The molecule has 0 saturated carbocycles. The Balaban J connectivity index is 2.11. The number of rotatable bonds is 6. The van der Waals surface area contributed by atoms with E-state index in [1.165, 1.54) is 12.7 Å². The number of hydrogen-bond acceptors (Lipinski definition) is 5. The second kappa shape index (κ2) is 7.76. The van der Waals surface area contributed by atoms with Gasteiger partial charge in [-0.3, -0.25) is 0 Å². The van der Waals surface area contributed by atoms with E-state index in [-0.39, 0.29) is 18.6 Å². The highest BCUT2D eigenvalue weighted by atomic mass is 16.5. The summed E-state index contributed by atoms with van der Waals surface area (Å²) in [4.78, 5) is 0. The maximum atomic E-state index is 10.4. The first-order chi connectivity index (χ1) is 11.8. The predicted octanol–water partition coefficient (Wildman–Crippen LogP) is 3.18. The van der Waals surface area contributed by atoms with E-state index in [0.29, 0.717) is 22.7 Å². The van der Waals surface area contributed by atoms with Crippen LogP contribution in [0.3, 0.4) is 0 Å². The zero-order valence-corrected chi connectivity index (χ0v) is 15.2. The third kappa shape index (κ3) is 4.65. The summed E-state index contributed by atoms with van der Waals surface area (Å²) in [6.45, 7) is 6.35. The summed E-state index contributed by atoms with van der Waals surface area (Å²) in [5.41, 5.74) is 9.01. The minimum absolute atomic E-state index is 0.0495. The van der Waals surface area contributed by atoms with Gasteiger partial charge < -0.3 is 25.4 Å². The molecule has 0 bridgehead atoms. The normalized spacial score (nSPS) is 12.7. The fourth-order valence-corrected chi connectivity index (χ4v) is 2.54. The van der Waals surface area contributed by atoms with Crippen LogP contribution in [0.15, 0.2) is 36.4 Å². The Morgan fingerprint density at radius 3 is 2.28 bits per heavy atom. The lowest BCUT2D eigenvalue weighted by molar-refractivity contribution is 0.107. The summed E-state index contributed by atoms with van der Waals surface area (Å²) in [6, 6.07) is 11.1. The molecule has 0 amide bonds. The molecule has 2 rings (SSSR count). The van der Waals surface area contributed by atoms with Gasteiger partial charge in [0.15, 0.2) is 11.5 Å². The lowest BCUT2D eigenvalue weighted by Gasteiger charge is -2.20. The summed E-state index contributed by atoms with van der Waals surface area (Å²) in [5, 5.41) is 19.6. The number of anilines is 1. The molecule has 25 heavy (non-hydrogen) atoms. The number of nitrogens with two attached hydrogens (primary N) is 1. The van der Waals surface area contributed by atoms with Crippen molar-refractivity contribution < 1.29 is 19.7 Å². The van der Waals surface area contributed by atoms with Crippen LogP contribution >= 0.6 is 0 Å². The third-order valence-corrected chi connectivity index (χ3v) is 4.09. The lowest BCUT2D eigenvalue weighted by atomic mass is 9.86. The maximum absolute atomic E-state index is 10.4. The van der Waals surface area contributed by atoms with Crippen LogP contribution in [0, 0.1) is 0 Å². The van der Waals surface area contributed by atoms with E-state index < -0.39 is 6.10 Å². The van der Waals surface area contributed by atoms with Crippen molar-refractivity contribution >= 4 is 5.69 Å². The van der Waals surface area contributed by atoms with Crippen LogP contribution in [0.5, 0.6) is 11.5 Å². The molecule has 1 unspecified atom stereocenters. The van der Waals surface area contributed by atoms with E-state index in [0.717, 1.165) is 5.56 Å². The number of methoxy groups -OCH3 is 1. The number of benzene rings is 2. The molecule has 5 heteroatoms. The second-order valence-corrected chi connectivity index (χ2v) is 7.07. The molecule has 0 aliphatic heterocycles. The first-order valence-corrected chi connectivity index (χ1v) is 8.24. The molecule has 0 spiro atoms. The first-order valence-electron chi connectivity index (χ1n) is 8.24. The molecule has 2 aromatic rings. The van der Waals surface area contributed by atoms with Crippen molar-refractivity contribution in [1.29, 1.82) is 0 Å². The summed E-state index contributed by atoms with van der Waals surface area (Å²) in [5.74, 6) is 0.796. The highest BCUT2D eigenvalue weighted by molar-refractivity contribution is 5.62. The number of hydrogen-bond donors (Lipinski definition) is 3. The number of aliphatic hydroxyl groups is 2. The molecule has 0 heterocycles. The Bertz CT molecular complexity index is 705. The van der Waals surface area contributed by atoms with Crippen molar-refractivity contribution in [3.8, 4) is 11.5 Å². The van der Waals surface area contributed by atoms with Crippen LogP contribution < -0.4 is 15.2 Å². The SMILES string of the molecule is COc1cc(CO)cc(N)c1OCC(O)c1ccc(C(C)(C)C)cc1. The van der Waals surface area contributed by atoms with E-state index in [1.54, 1.807) is 12.1 Å². The Morgan fingerprint density at radius 1 is 1.12 bits per heavy atom. The average Bonchev–Trinajstić information content (AvgIpc) is 2.59. The monoisotopic (exact) mass is 345 g/mol. The predicted molar refractivity (Wildman–Crippen MR) is 98.9 cm³/mol. The Morgan fingerprint density at radius 2 is 1.76 bits per heavy atom. The van der Waals surface area contributed by atoms with E-state index in [1.807, 2.05) is 24.3 Å². The Hall–Kier alpha value is -2.24. The van der Waals surface area contributed by atoms with Crippen molar-refractivity contribution in [2.75, 3.05) is 19.5 Å². The van der Waals surface area contributed by atoms with Crippen LogP contribution in [0.25, 0.3) is 0 Å². The van der Waals surface area contributed by atoms with Crippen LogP contribution in [0.2, 0.25) is 0 Å². The molecular formula is C20H27NO4. The zero-order chi connectivity index (χ0) is 18.6. The smallest absolute Gasteiger partial charge is 0.184 e. The summed E-state index contributed by atoms with van der Waals surface area (Å²) < 4.78 is 11.0. The van der Waals surface area contributed by atoms with Gasteiger partial charge in [-0.25, -0.2) is 0 Å². The summed E-state index contributed by atoms with van der Waals surface area (Å²) >= 11 is 0. The second-order valence-electron chi connectivity index (χ2n) is 7.07. The van der Waals surface area contributed by atoms with E-state index in [4.69, 9.17) is 15.2 Å². The fraction of sp³-hybridized carbons (Fsp3) is 0.400. The number of aliphatic hydroxyl groups excluding tert-OH is 2. The van der Waals surface area contributed by atoms with Gasteiger partial charge in [-0.15, -0.1) is 0 Å². The average molecular weight is 345 g/mol. The van der Waals surface area contributed by atoms with Gasteiger partial charge in [-0.2, -0.15) is 0 Å². The molecule has 4 N–H and O–H groups in total. The quantitative estimate of drug-likeness (QED) is 0.700. The molecule has 5 nitrogen and oxygen atoms in total. The molecule has 0 aromatic heterocycles. The standard InChI is InChI=1S/C20H27NO4/c1-20(2,3)15-7-5-14(6-8-15)17(23)12-25-19-16(21)9-13(11-22)10-18(19)24-4/h5-10,17,22-23H,11-12,21H2,1-4H3. The van der Waals surface area contributed by atoms with Crippen LogP contribution in [0.4, 0.5) is 5.69 Å². The van der Waals surface area contributed by atoms with E-state index in [2.05, 4.69) is 20.8 Å². The molecule has 0 aliphatic carbocycles. The van der Waals surface area contributed by atoms with Crippen LogP contribution in [0.1, 0.15) is 43.6 Å². The fourth-order valence-electron chi connectivity index (χ4n) is 2.54. The molecular weight excluding hydrogens is 318 g/mol. The lowest BCUT2D eigenvalue weighted by Crippen LogP contribution is -2.13. The molecule has 1 atom stereocenters. The molecule has 0 radical (unpaired) electrons. The Kier molecular flexibility index (Phi) is 5.93. The molecule has 0 fully saturated rings. The molecule has 2 aromatic carbocycles. The van der Waals surface area contributed by atoms with Crippen molar-refractivity contribution in [1.82, 2.24) is 0 Å². The van der Waals surface area contributed by atoms with E-state index >= 15 is 0 Å². The van der Waals surface area contributed by atoms with Crippen molar-refractivity contribution in [2.45, 2.75) is 38.9 Å². The highest BCUT2D eigenvalue weighted by Gasteiger charge is 2.17. The van der Waals surface area contributed by atoms with Crippen molar-refractivity contribution in [3.05, 3.63) is 53.1 Å². The van der Waals surface area contributed by atoms with E-state index in [9.17, 15) is 10.2 Å². The minimum Gasteiger partial charge on any atom is -0.493 e. The van der Waals surface area contributed by atoms with Crippen LogP contribution in [-0.2, 0) is 12.0 Å². The highest BCUT2D eigenvalue weighted by Crippen LogP contribution is 2.35. The Labute approximate surface area is 149 Å². The van der Waals surface area contributed by atoms with Crippen LogP contribution in [-0.4, -0.2) is 23.9 Å². The van der Waals surface area contributed by atoms with Gasteiger partial charge >= 0.3 is 0 Å². The summed E-state index contributed by atoms with van der Waals surface area (Å²) in [6.07, 6.45) is -0.782. The minimum atomic E-state index is -0.782. The number of ether oxygens (including phenoxy) is 2. The zero-order valence-electron chi connectivity index (χ0n) is 15.2. The third-order valence-electron chi connectivity index (χ3n) is 4.09. The topological polar surface area (TPSA) is 84.9 Å². The maximum Gasteiger partial charge on any atom is 0.184 e. The van der Waals surface area contributed by atoms with Gasteiger partial charge in [-0.1, -0.05) is 45.0 Å². The molecule has 136 valence electrons. The van der Waals surface area contributed by atoms with Gasteiger partial charge in [-0.05, 0) is 34.2 Å². The van der Waals surface area contributed by atoms with Crippen molar-refractivity contribution in [3.63, 3.8) is 0 Å². The van der Waals surface area contributed by atoms with Gasteiger partial charge in [0.25, 0.3) is 0 Å².